The van der Waals surface area contributed by atoms with Gasteiger partial charge in [-0.25, -0.2) is 4.99 Å². The second kappa shape index (κ2) is 9.13. The van der Waals surface area contributed by atoms with Crippen molar-refractivity contribution in [1.82, 2.24) is 15.1 Å². The van der Waals surface area contributed by atoms with Gasteiger partial charge in [0.05, 0.1) is 12.2 Å². The number of aryl methyl sites for hydroxylation is 3. The van der Waals surface area contributed by atoms with Gasteiger partial charge in [0.1, 0.15) is 13.2 Å². The predicted octanol–water partition coefficient (Wildman–Crippen LogP) is 3.51. The molecule has 2 heterocycles. The number of aliphatic imine (C=N–C) groups is 1. The zero-order chi connectivity index (χ0) is 22.7. The van der Waals surface area contributed by atoms with Crippen molar-refractivity contribution in [3.8, 4) is 11.5 Å². The minimum atomic E-state index is -0.230. The van der Waals surface area contributed by atoms with Crippen molar-refractivity contribution < 1.29 is 14.3 Å². The normalized spacial score (nSPS) is 13.1. The molecule has 0 spiro atoms. The van der Waals surface area contributed by atoms with Gasteiger partial charge in [-0.1, -0.05) is 18.2 Å². The lowest BCUT2D eigenvalue weighted by atomic mass is 10.1. The van der Waals surface area contributed by atoms with Crippen LogP contribution in [0.4, 0.5) is 5.69 Å². The first kappa shape index (κ1) is 21.4. The number of anilines is 1. The van der Waals surface area contributed by atoms with E-state index in [1.807, 2.05) is 68.9 Å². The lowest BCUT2D eigenvalue weighted by Gasteiger charge is -2.19. The van der Waals surface area contributed by atoms with Gasteiger partial charge in [0.2, 0.25) is 5.96 Å². The standard InChI is InChI=1S/C24H27N5O3/c1-15-7-5-6-8-19(15)23(30)27-24(25-14-20-16(2)28-29(4)17(20)3)26-18-9-10-21-22(13-18)32-12-11-31-21/h5-10,13H,11-12,14H2,1-4H3,(H2,25,26,27,30). The molecule has 0 fully saturated rings. The molecule has 0 saturated carbocycles. The number of rotatable bonds is 4. The second-order valence-electron chi connectivity index (χ2n) is 7.69. The van der Waals surface area contributed by atoms with E-state index in [2.05, 4.69) is 20.7 Å². The van der Waals surface area contributed by atoms with Crippen molar-refractivity contribution in [1.29, 1.82) is 0 Å². The molecular formula is C24H27N5O3. The molecule has 0 unspecified atom stereocenters. The van der Waals surface area contributed by atoms with E-state index in [9.17, 15) is 4.79 Å². The topological polar surface area (TPSA) is 89.8 Å². The summed E-state index contributed by atoms with van der Waals surface area (Å²) in [5, 5.41) is 10.6. The molecule has 1 aromatic heterocycles. The van der Waals surface area contributed by atoms with E-state index < -0.39 is 0 Å². The molecule has 32 heavy (non-hydrogen) atoms. The molecule has 3 aromatic rings. The SMILES string of the molecule is Cc1ccccc1C(=O)NC(=NCc1c(C)nn(C)c1C)Nc1ccc2c(c1)OCCO2. The molecule has 0 bridgehead atoms. The number of fused-ring (bicyclic) bond motifs is 1. The molecule has 0 atom stereocenters. The first-order chi connectivity index (χ1) is 15.4. The minimum absolute atomic E-state index is 0.230. The summed E-state index contributed by atoms with van der Waals surface area (Å²) >= 11 is 0. The Morgan fingerprint density at radius 1 is 1.09 bits per heavy atom. The van der Waals surface area contributed by atoms with E-state index in [0.717, 1.165) is 28.2 Å². The quantitative estimate of drug-likeness (QED) is 0.485. The Morgan fingerprint density at radius 3 is 2.56 bits per heavy atom. The summed E-state index contributed by atoms with van der Waals surface area (Å²) in [7, 11) is 1.91. The third-order valence-corrected chi connectivity index (χ3v) is 5.48. The average molecular weight is 434 g/mol. The highest BCUT2D eigenvalue weighted by atomic mass is 16.6. The van der Waals surface area contributed by atoms with Gasteiger partial charge in [-0.15, -0.1) is 0 Å². The number of amides is 1. The molecule has 1 aliphatic rings. The third kappa shape index (κ3) is 4.59. The van der Waals surface area contributed by atoms with Gasteiger partial charge >= 0.3 is 0 Å². The Bertz CT molecular complexity index is 1180. The Labute approximate surface area is 187 Å². The van der Waals surface area contributed by atoms with Gasteiger partial charge in [-0.05, 0) is 44.5 Å². The number of nitrogens with one attached hydrogen (secondary N) is 2. The van der Waals surface area contributed by atoms with Gasteiger partial charge in [-0.3, -0.25) is 14.8 Å². The number of hydrogen-bond donors (Lipinski definition) is 2. The number of carbonyl (C=O) groups is 1. The van der Waals surface area contributed by atoms with Crippen LogP contribution in [0, 0.1) is 20.8 Å². The fourth-order valence-corrected chi connectivity index (χ4v) is 3.58. The number of aromatic nitrogens is 2. The number of benzene rings is 2. The van der Waals surface area contributed by atoms with E-state index in [0.29, 0.717) is 42.8 Å². The lowest BCUT2D eigenvalue weighted by molar-refractivity contribution is 0.0976. The maximum atomic E-state index is 13.0. The van der Waals surface area contributed by atoms with Crippen LogP contribution in [-0.4, -0.2) is 34.9 Å². The fraction of sp³-hybridized carbons (Fsp3) is 0.292. The molecule has 2 aromatic carbocycles. The summed E-state index contributed by atoms with van der Waals surface area (Å²) in [5.74, 6) is 1.47. The molecule has 0 radical (unpaired) electrons. The summed E-state index contributed by atoms with van der Waals surface area (Å²) in [6.45, 7) is 7.28. The van der Waals surface area contributed by atoms with Crippen molar-refractivity contribution >= 4 is 17.6 Å². The highest BCUT2D eigenvalue weighted by Crippen LogP contribution is 2.32. The largest absolute Gasteiger partial charge is 0.486 e. The van der Waals surface area contributed by atoms with Crippen molar-refractivity contribution in [3.63, 3.8) is 0 Å². The molecule has 166 valence electrons. The Morgan fingerprint density at radius 2 is 1.84 bits per heavy atom. The van der Waals surface area contributed by atoms with E-state index in [1.54, 1.807) is 6.07 Å². The van der Waals surface area contributed by atoms with Crippen LogP contribution in [0.25, 0.3) is 0 Å². The molecule has 1 amide bonds. The predicted molar refractivity (Wildman–Crippen MR) is 124 cm³/mol. The van der Waals surface area contributed by atoms with Crippen molar-refractivity contribution in [2.75, 3.05) is 18.5 Å². The van der Waals surface area contributed by atoms with Gasteiger partial charge in [-0.2, -0.15) is 5.10 Å². The Hall–Kier alpha value is -3.81. The van der Waals surface area contributed by atoms with Gasteiger partial charge in [0.25, 0.3) is 5.91 Å². The van der Waals surface area contributed by atoms with Crippen LogP contribution in [0.15, 0.2) is 47.5 Å². The van der Waals surface area contributed by atoms with Crippen LogP contribution in [0.1, 0.15) is 32.9 Å². The first-order valence-electron chi connectivity index (χ1n) is 10.5. The number of guanidine groups is 1. The van der Waals surface area contributed by atoms with Crippen LogP contribution in [0.2, 0.25) is 0 Å². The summed E-state index contributed by atoms with van der Waals surface area (Å²) < 4.78 is 13.1. The van der Waals surface area contributed by atoms with E-state index in [-0.39, 0.29) is 5.91 Å². The average Bonchev–Trinajstić information content (AvgIpc) is 3.03. The Kier molecular flexibility index (Phi) is 6.11. The van der Waals surface area contributed by atoms with E-state index in [4.69, 9.17) is 9.47 Å². The second-order valence-corrected chi connectivity index (χ2v) is 7.69. The summed E-state index contributed by atoms with van der Waals surface area (Å²) in [4.78, 5) is 17.6. The molecule has 4 rings (SSSR count). The van der Waals surface area contributed by atoms with Crippen LogP contribution in [0.5, 0.6) is 11.5 Å². The molecule has 2 N–H and O–H groups in total. The molecular weight excluding hydrogens is 406 g/mol. The highest BCUT2D eigenvalue weighted by molar-refractivity contribution is 6.10. The van der Waals surface area contributed by atoms with E-state index in [1.165, 1.54) is 0 Å². The molecule has 1 aliphatic heterocycles. The van der Waals surface area contributed by atoms with Gasteiger partial charge < -0.3 is 14.8 Å². The van der Waals surface area contributed by atoms with Crippen molar-refractivity contribution in [2.45, 2.75) is 27.3 Å². The van der Waals surface area contributed by atoms with E-state index >= 15 is 0 Å². The molecule has 8 nitrogen and oxygen atoms in total. The third-order valence-electron chi connectivity index (χ3n) is 5.48. The van der Waals surface area contributed by atoms with Crippen LogP contribution in [0.3, 0.4) is 0 Å². The van der Waals surface area contributed by atoms with Crippen molar-refractivity contribution in [2.24, 2.45) is 12.0 Å². The summed E-state index contributed by atoms with van der Waals surface area (Å²) in [6, 6.07) is 13.0. The number of hydrogen-bond acceptors (Lipinski definition) is 5. The van der Waals surface area contributed by atoms with Crippen LogP contribution in [-0.2, 0) is 13.6 Å². The highest BCUT2D eigenvalue weighted by Gasteiger charge is 2.16. The molecule has 0 saturated heterocycles. The smallest absolute Gasteiger partial charge is 0.258 e. The Balaban J connectivity index is 1.61. The fourth-order valence-electron chi connectivity index (χ4n) is 3.58. The van der Waals surface area contributed by atoms with Crippen LogP contribution >= 0.6 is 0 Å². The zero-order valence-corrected chi connectivity index (χ0v) is 18.7. The molecule has 0 aliphatic carbocycles. The van der Waals surface area contributed by atoms with Crippen molar-refractivity contribution in [3.05, 3.63) is 70.5 Å². The zero-order valence-electron chi connectivity index (χ0n) is 18.7. The van der Waals surface area contributed by atoms with Crippen LogP contribution < -0.4 is 20.1 Å². The number of ether oxygens (including phenoxy) is 2. The minimum Gasteiger partial charge on any atom is -0.486 e. The summed E-state index contributed by atoms with van der Waals surface area (Å²) in [5.41, 5.74) is 5.20. The number of carbonyl (C=O) groups excluding carboxylic acids is 1. The summed E-state index contributed by atoms with van der Waals surface area (Å²) in [6.07, 6.45) is 0. The van der Waals surface area contributed by atoms with Gasteiger partial charge in [0.15, 0.2) is 11.5 Å². The van der Waals surface area contributed by atoms with Gasteiger partial charge in [0, 0.05) is 35.6 Å². The molecule has 8 heteroatoms. The lowest BCUT2D eigenvalue weighted by Crippen LogP contribution is -2.36. The first-order valence-corrected chi connectivity index (χ1v) is 10.5. The maximum Gasteiger partial charge on any atom is 0.258 e. The maximum absolute atomic E-state index is 13.0. The number of nitrogens with zero attached hydrogens (tertiary/aromatic N) is 3. The monoisotopic (exact) mass is 433 g/mol.